The average Bonchev–Trinajstić information content (AvgIpc) is 3.09. The summed E-state index contributed by atoms with van der Waals surface area (Å²) in [5.41, 5.74) is 4.68. The Morgan fingerprint density at radius 2 is 1.67 bits per heavy atom. The van der Waals surface area contributed by atoms with Gasteiger partial charge in [0.25, 0.3) is 0 Å². The Labute approximate surface area is 124 Å². The van der Waals surface area contributed by atoms with Gasteiger partial charge in [0.05, 0.1) is 11.2 Å². The van der Waals surface area contributed by atoms with Gasteiger partial charge >= 0.3 is 0 Å². The van der Waals surface area contributed by atoms with E-state index in [-0.39, 0.29) is 0 Å². The third kappa shape index (κ3) is 2.31. The summed E-state index contributed by atoms with van der Waals surface area (Å²) < 4.78 is 0. The molecule has 1 aromatic heterocycles. The Bertz CT molecular complexity index is 759. The van der Waals surface area contributed by atoms with Crippen molar-refractivity contribution in [2.24, 2.45) is 0 Å². The van der Waals surface area contributed by atoms with E-state index in [4.69, 9.17) is 0 Å². The minimum absolute atomic E-state index is 0.726. The van der Waals surface area contributed by atoms with E-state index < -0.39 is 0 Å². The normalized spacial score (nSPS) is 15.6. The van der Waals surface area contributed by atoms with Crippen LogP contribution in [0.4, 0.5) is 0 Å². The van der Waals surface area contributed by atoms with Crippen LogP contribution in [0.3, 0.4) is 0 Å². The lowest BCUT2D eigenvalue weighted by molar-refractivity contribution is 0.724. The summed E-state index contributed by atoms with van der Waals surface area (Å²) in [6.07, 6.45) is 7.05. The van der Waals surface area contributed by atoms with Crippen LogP contribution in [0.2, 0.25) is 0 Å². The molecule has 1 aliphatic rings. The molecule has 0 spiro atoms. The molecule has 1 aliphatic carbocycles. The molecule has 0 bridgehead atoms. The molecule has 4 rings (SSSR count). The molecule has 0 aliphatic heterocycles. The van der Waals surface area contributed by atoms with E-state index in [1.54, 1.807) is 6.33 Å². The fraction of sp³-hybridized carbons (Fsp3) is 0.263. The van der Waals surface area contributed by atoms with Crippen molar-refractivity contribution in [2.75, 3.05) is 0 Å². The minimum atomic E-state index is 0.726. The van der Waals surface area contributed by atoms with Gasteiger partial charge in [-0.3, -0.25) is 0 Å². The van der Waals surface area contributed by atoms with Crippen molar-refractivity contribution in [3.05, 3.63) is 60.4 Å². The average molecular weight is 274 g/mol. The summed E-state index contributed by atoms with van der Waals surface area (Å²) >= 11 is 0. The Hall–Kier alpha value is -2.22. The lowest BCUT2D eigenvalue weighted by Gasteiger charge is -2.11. The Morgan fingerprint density at radius 1 is 0.857 bits per heavy atom. The molecule has 0 N–H and O–H groups in total. The van der Waals surface area contributed by atoms with E-state index in [0.29, 0.717) is 0 Å². The monoisotopic (exact) mass is 274 g/mol. The third-order valence-electron chi connectivity index (χ3n) is 4.53. The van der Waals surface area contributed by atoms with Gasteiger partial charge in [-0.15, -0.1) is 0 Å². The molecule has 104 valence electrons. The van der Waals surface area contributed by atoms with Crippen LogP contribution in [-0.4, -0.2) is 9.97 Å². The van der Waals surface area contributed by atoms with Crippen LogP contribution in [0.15, 0.2) is 54.9 Å². The first kappa shape index (κ1) is 12.5. The molecular weight excluding hydrogens is 256 g/mol. The van der Waals surface area contributed by atoms with E-state index in [9.17, 15) is 0 Å². The smallest absolute Gasteiger partial charge is 0.116 e. The second-order valence-electron chi connectivity index (χ2n) is 5.85. The molecule has 0 atom stereocenters. The Morgan fingerprint density at radius 3 is 2.48 bits per heavy atom. The van der Waals surface area contributed by atoms with E-state index in [2.05, 4.69) is 52.4 Å². The number of aromatic nitrogens is 2. The summed E-state index contributed by atoms with van der Waals surface area (Å²) in [5.74, 6) is 0.726. The van der Waals surface area contributed by atoms with Gasteiger partial charge in [0, 0.05) is 10.9 Å². The van der Waals surface area contributed by atoms with Gasteiger partial charge in [-0.1, -0.05) is 55.3 Å². The number of nitrogens with zero attached hydrogens (tertiary/aromatic N) is 2. The summed E-state index contributed by atoms with van der Waals surface area (Å²) in [4.78, 5) is 8.98. The van der Waals surface area contributed by atoms with Crippen molar-refractivity contribution in [1.82, 2.24) is 9.97 Å². The van der Waals surface area contributed by atoms with Crippen LogP contribution in [0.25, 0.3) is 22.2 Å². The molecule has 21 heavy (non-hydrogen) atoms. The Kier molecular flexibility index (Phi) is 3.15. The van der Waals surface area contributed by atoms with Crippen LogP contribution >= 0.6 is 0 Å². The fourth-order valence-corrected chi connectivity index (χ4v) is 3.41. The van der Waals surface area contributed by atoms with Crippen LogP contribution in [-0.2, 0) is 0 Å². The highest BCUT2D eigenvalue weighted by Gasteiger charge is 2.17. The first-order valence-electron chi connectivity index (χ1n) is 7.72. The first-order valence-corrected chi connectivity index (χ1v) is 7.72. The number of rotatable bonds is 2. The van der Waals surface area contributed by atoms with E-state index in [1.807, 2.05) is 6.07 Å². The molecule has 1 heterocycles. The van der Waals surface area contributed by atoms with Crippen molar-refractivity contribution in [3.63, 3.8) is 0 Å². The van der Waals surface area contributed by atoms with Gasteiger partial charge in [-0.2, -0.15) is 0 Å². The topological polar surface area (TPSA) is 25.8 Å². The van der Waals surface area contributed by atoms with E-state index in [1.165, 1.54) is 31.2 Å². The maximum absolute atomic E-state index is 4.49. The molecule has 2 nitrogen and oxygen atoms in total. The molecule has 0 unspecified atom stereocenters. The molecule has 1 saturated carbocycles. The fourth-order valence-electron chi connectivity index (χ4n) is 3.41. The standard InChI is InChI=1S/C19H18N2/c1-2-8-15(9-3-1)19-17-11-10-16(14-6-4-5-7-14)12-18(17)20-13-21-19/h1-3,8-14H,4-7H2. The highest BCUT2D eigenvalue weighted by atomic mass is 14.8. The summed E-state index contributed by atoms with van der Waals surface area (Å²) in [6, 6.07) is 17.1. The van der Waals surface area contributed by atoms with Gasteiger partial charge in [-0.05, 0) is 30.4 Å². The quantitative estimate of drug-likeness (QED) is 0.660. The molecule has 2 heteroatoms. The van der Waals surface area contributed by atoms with Gasteiger partial charge in [0.1, 0.15) is 6.33 Å². The van der Waals surface area contributed by atoms with Gasteiger partial charge in [0.15, 0.2) is 0 Å². The summed E-state index contributed by atoms with van der Waals surface area (Å²) in [6.45, 7) is 0. The van der Waals surface area contributed by atoms with Gasteiger partial charge in [0.2, 0.25) is 0 Å². The number of benzene rings is 2. The molecule has 1 fully saturated rings. The van der Waals surface area contributed by atoms with Crippen molar-refractivity contribution in [1.29, 1.82) is 0 Å². The van der Waals surface area contributed by atoms with E-state index in [0.717, 1.165) is 28.1 Å². The summed E-state index contributed by atoms with van der Waals surface area (Å²) in [7, 11) is 0. The second kappa shape index (κ2) is 5.28. The second-order valence-corrected chi connectivity index (χ2v) is 5.85. The zero-order chi connectivity index (χ0) is 14.1. The molecule has 2 aromatic carbocycles. The number of hydrogen-bond donors (Lipinski definition) is 0. The molecule has 0 amide bonds. The third-order valence-corrected chi connectivity index (χ3v) is 4.53. The molecule has 3 aromatic rings. The number of fused-ring (bicyclic) bond motifs is 1. The van der Waals surface area contributed by atoms with E-state index >= 15 is 0 Å². The molecule has 0 saturated heterocycles. The zero-order valence-electron chi connectivity index (χ0n) is 12.0. The van der Waals surface area contributed by atoms with Crippen LogP contribution in [0.1, 0.15) is 37.2 Å². The van der Waals surface area contributed by atoms with Crippen LogP contribution in [0, 0.1) is 0 Å². The highest BCUT2D eigenvalue weighted by Crippen LogP contribution is 2.36. The maximum atomic E-state index is 4.49. The predicted octanol–water partition coefficient (Wildman–Crippen LogP) is 4.95. The molecule has 0 radical (unpaired) electrons. The minimum Gasteiger partial charge on any atom is -0.236 e. The zero-order valence-corrected chi connectivity index (χ0v) is 12.0. The van der Waals surface area contributed by atoms with Crippen molar-refractivity contribution < 1.29 is 0 Å². The van der Waals surface area contributed by atoms with Crippen molar-refractivity contribution in [2.45, 2.75) is 31.6 Å². The maximum Gasteiger partial charge on any atom is 0.116 e. The predicted molar refractivity (Wildman–Crippen MR) is 86.2 cm³/mol. The lowest BCUT2D eigenvalue weighted by Crippen LogP contribution is -1.94. The van der Waals surface area contributed by atoms with Gasteiger partial charge in [-0.25, -0.2) is 9.97 Å². The van der Waals surface area contributed by atoms with Crippen molar-refractivity contribution in [3.8, 4) is 11.3 Å². The van der Waals surface area contributed by atoms with Gasteiger partial charge < -0.3 is 0 Å². The summed E-state index contributed by atoms with van der Waals surface area (Å²) in [5, 5.41) is 1.14. The first-order chi connectivity index (χ1) is 10.4. The molecular formula is C19H18N2. The van der Waals surface area contributed by atoms with Crippen LogP contribution in [0.5, 0.6) is 0 Å². The SMILES string of the molecule is c1ccc(-c2ncnc3cc(C4CCCC4)ccc23)cc1. The largest absolute Gasteiger partial charge is 0.236 e. The number of hydrogen-bond acceptors (Lipinski definition) is 2. The lowest BCUT2D eigenvalue weighted by atomic mass is 9.95. The van der Waals surface area contributed by atoms with Crippen LogP contribution < -0.4 is 0 Å². The highest BCUT2D eigenvalue weighted by molar-refractivity contribution is 5.92. The Balaban J connectivity index is 1.83. The van der Waals surface area contributed by atoms with Crippen molar-refractivity contribution >= 4 is 10.9 Å².